The zero-order chi connectivity index (χ0) is 15.9. The van der Waals surface area contributed by atoms with E-state index in [1.54, 1.807) is 0 Å². The summed E-state index contributed by atoms with van der Waals surface area (Å²) in [6.07, 6.45) is 3.99. The van der Waals surface area contributed by atoms with Gasteiger partial charge in [0.15, 0.2) is 0 Å². The third-order valence-electron chi connectivity index (χ3n) is 3.26. The summed E-state index contributed by atoms with van der Waals surface area (Å²) in [6.45, 7) is 7.37. The van der Waals surface area contributed by atoms with E-state index in [2.05, 4.69) is 13.2 Å². The van der Waals surface area contributed by atoms with Crippen LogP contribution in [0.3, 0.4) is 0 Å². The van der Waals surface area contributed by atoms with Gasteiger partial charge in [0.1, 0.15) is 0 Å². The molecule has 2 rings (SSSR count). The molecular weight excluding hydrogens is 268 g/mol. The lowest BCUT2D eigenvalue weighted by molar-refractivity contribution is 1.52. The highest BCUT2D eigenvalue weighted by molar-refractivity contribution is 5.78. The van der Waals surface area contributed by atoms with Crippen molar-refractivity contribution < 1.29 is 0 Å². The molecule has 0 fully saturated rings. The van der Waals surface area contributed by atoms with E-state index in [4.69, 9.17) is 10.5 Å². The lowest BCUT2D eigenvalue weighted by atomic mass is 10.0. The van der Waals surface area contributed by atoms with Crippen LogP contribution in [0.5, 0.6) is 0 Å². The summed E-state index contributed by atoms with van der Waals surface area (Å²) in [5, 5.41) is 17.6. The molecule has 0 amide bonds. The second kappa shape index (κ2) is 6.88. The summed E-state index contributed by atoms with van der Waals surface area (Å²) >= 11 is 0. The van der Waals surface area contributed by atoms with Gasteiger partial charge in [0.05, 0.1) is 23.3 Å². The van der Waals surface area contributed by atoms with E-state index in [9.17, 15) is 0 Å². The Hall–Kier alpha value is -3.36. The molecule has 22 heavy (non-hydrogen) atoms. The third kappa shape index (κ3) is 3.60. The lowest BCUT2D eigenvalue weighted by Gasteiger charge is -2.00. The number of hydrogen-bond acceptors (Lipinski definition) is 2. The van der Waals surface area contributed by atoms with Gasteiger partial charge in [-0.05, 0) is 22.3 Å². The first-order valence-electron chi connectivity index (χ1n) is 6.71. The van der Waals surface area contributed by atoms with Crippen LogP contribution in [0.25, 0.3) is 23.3 Å². The maximum absolute atomic E-state index is 8.80. The molecule has 0 aliphatic rings. The number of benzene rings is 2. The topological polar surface area (TPSA) is 47.6 Å². The Morgan fingerprint density at radius 2 is 1.00 bits per heavy atom. The molecule has 0 radical (unpaired) electrons. The van der Waals surface area contributed by atoms with Crippen LogP contribution in [0.2, 0.25) is 0 Å². The summed E-state index contributed by atoms with van der Waals surface area (Å²) in [4.78, 5) is 0. The molecule has 2 nitrogen and oxygen atoms in total. The van der Waals surface area contributed by atoms with Crippen LogP contribution in [-0.4, -0.2) is 0 Å². The molecule has 0 atom stereocenters. The van der Waals surface area contributed by atoms with Crippen LogP contribution in [0.15, 0.2) is 61.7 Å². The van der Waals surface area contributed by atoms with Gasteiger partial charge < -0.3 is 0 Å². The second-order valence-electron chi connectivity index (χ2n) is 4.76. The van der Waals surface area contributed by atoms with Crippen LogP contribution in [0.4, 0.5) is 0 Å². The van der Waals surface area contributed by atoms with Crippen molar-refractivity contribution in [1.82, 2.24) is 0 Å². The lowest BCUT2D eigenvalue weighted by Crippen LogP contribution is -1.81. The standard InChI is InChI=1S/C20H14N2/c1-15(13-21)19-9-5-17(6-10-19)3-4-18-7-11-20(12-8-18)16(2)14-22/h3-12H,1-2H2. The minimum atomic E-state index is 0.462. The van der Waals surface area contributed by atoms with Gasteiger partial charge in [-0.2, -0.15) is 10.5 Å². The summed E-state index contributed by atoms with van der Waals surface area (Å²) in [6, 6.07) is 19.4. The Balaban J connectivity index is 2.12. The molecule has 2 heteroatoms. The van der Waals surface area contributed by atoms with Crippen molar-refractivity contribution in [1.29, 1.82) is 10.5 Å². The quantitative estimate of drug-likeness (QED) is 0.589. The van der Waals surface area contributed by atoms with E-state index < -0.39 is 0 Å². The van der Waals surface area contributed by atoms with Gasteiger partial charge in [-0.25, -0.2) is 0 Å². The fourth-order valence-corrected chi connectivity index (χ4v) is 1.91. The van der Waals surface area contributed by atoms with Crippen LogP contribution >= 0.6 is 0 Å². The Morgan fingerprint density at radius 3 is 1.27 bits per heavy atom. The molecule has 0 N–H and O–H groups in total. The molecule has 0 saturated heterocycles. The van der Waals surface area contributed by atoms with Crippen molar-refractivity contribution in [3.8, 4) is 12.1 Å². The molecule has 104 valence electrons. The second-order valence-corrected chi connectivity index (χ2v) is 4.76. The monoisotopic (exact) mass is 282 g/mol. The van der Waals surface area contributed by atoms with Gasteiger partial charge in [-0.15, -0.1) is 0 Å². The first-order valence-corrected chi connectivity index (χ1v) is 6.71. The molecule has 0 aliphatic carbocycles. The highest BCUT2D eigenvalue weighted by atomic mass is 14.2. The number of allylic oxidation sites excluding steroid dienone is 2. The molecule has 0 saturated carbocycles. The fraction of sp³-hybridized carbons (Fsp3) is 0. The number of nitrogens with zero attached hydrogens (tertiary/aromatic N) is 2. The maximum atomic E-state index is 8.80. The highest BCUT2D eigenvalue weighted by Crippen LogP contribution is 2.16. The van der Waals surface area contributed by atoms with E-state index >= 15 is 0 Å². The number of rotatable bonds is 4. The summed E-state index contributed by atoms with van der Waals surface area (Å²) in [7, 11) is 0. The smallest absolute Gasteiger partial charge is 0.0991 e. The van der Waals surface area contributed by atoms with Crippen LogP contribution in [-0.2, 0) is 0 Å². The van der Waals surface area contributed by atoms with Crippen molar-refractivity contribution in [3.63, 3.8) is 0 Å². The highest BCUT2D eigenvalue weighted by Gasteiger charge is 1.97. The molecule has 0 aliphatic heterocycles. The third-order valence-corrected chi connectivity index (χ3v) is 3.26. The predicted molar refractivity (Wildman–Crippen MR) is 91.1 cm³/mol. The molecular formula is C20H14N2. The minimum absolute atomic E-state index is 0.462. The number of hydrogen-bond donors (Lipinski definition) is 0. The Kier molecular flexibility index (Phi) is 4.70. The van der Waals surface area contributed by atoms with E-state index in [1.165, 1.54) is 0 Å². The average Bonchev–Trinajstić information content (AvgIpc) is 2.59. The first kappa shape index (κ1) is 15.0. The molecule has 2 aromatic rings. The summed E-state index contributed by atoms with van der Waals surface area (Å²) in [5.74, 6) is 0. The summed E-state index contributed by atoms with van der Waals surface area (Å²) < 4.78 is 0. The molecule has 0 unspecified atom stereocenters. The molecule has 0 bridgehead atoms. The van der Waals surface area contributed by atoms with E-state index in [0.29, 0.717) is 11.1 Å². The number of nitriles is 2. The van der Waals surface area contributed by atoms with Crippen molar-refractivity contribution in [2.75, 3.05) is 0 Å². The largest absolute Gasteiger partial charge is 0.192 e. The predicted octanol–water partition coefficient (Wildman–Crippen LogP) is 4.93. The normalized spacial score (nSPS) is 9.91. The van der Waals surface area contributed by atoms with Gasteiger partial charge >= 0.3 is 0 Å². The van der Waals surface area contributed by atoms with E-state index in [0.717, 1.165) is 22.3 Å². The Morgan fingerprint density at radius 1 is 0.682 bits per heavy atom. The first-order chi connectivity index (χ1) is 10.6. The maximum Gasteiger partial charge on any atom is 0.0991 e. The minimum Gasteiger partial charge on any atom is -0.192 e. The van der Waals surface area contributed by atoms with E-state index in [-0.39, 0.29) is 0 Å². The van der Waals surface area contributed by atoms with Gasteiger partial charge in [0.2, 0.25) is 0 Å². The van der Waals surface area contributed by atoms with Crippen LogP contribution in [0, 0.1) is 22.7 Å². The van der Waals surface area contributed by atoms with Gasteiger partial charge in [-0.3, -0.25) is 0 Å². The zero-order valence-corrected chi connectivity index (χ0v) is 12.1. The van der Waals surface area contributed by atoms with Crippen molar-refractivity contribution in [3.05, 3.63) is 83.9 Å². The van der Waals surface area contributed by atoms with Crippen LogP contribution < -0.4 is 0 Å². The Labute approximate surface area is 130 Å². The average molecular weight is 282 g/mol. The van der Waals surface area contributed by atoms with Crippen molar-refractivity contribution in [2.45, 2.75) is 0 Å². The molecule has 0 aromatic heterocycles. The van der Waals surface area contributed by atoms with Crippen molar-refractivity contribution >= 4 is 23.3 Å². The van der Waals surface area contributed by atoms with Gasteiger partial charge in [0.25, 0.3) is 0 Å². The summed E-state index contributed by atoms with van der Waals surface area (Å²) in [5.41, 5.74) is 4.67. The Bertz CT molecular complexity index is 736. The zero-order valence-electron chi connectivity index (χ0n) is 12.1. The molecule has 0 spiro atoms. The fourth-order valence-electron chi connectivity index (χ4n) is 1.91. The van der Waals surface area contributed by atoms with Crippen molar-refractivity contribution in [2.24, 2.45) is 0 Å². The van der Waals surface area contributed by atoms with Crippen LogP contribution in [0.1, 0.15) is 22.3 Å². The SMILES string of the molecule is C=C(C#N)c1ccc(C=Cc2ccc(C(=C)C#N)cc2)cc1. The van der Waals surface area contributed by atoms with Gasteiger partial charge in [-0.1, -0.05) is 73.8 Å². The molecule has 2 aromatic carbocycles. The van der Waals surface area contributed by atoms with E-state index in [1.807, 2.05) is 72.8 Å². The molecule has 0 heterocycles. The van der Waals surface area contributed by atoms with Gasteiger partial charge in [0, 0.05) is 0 Å².